The van der Waals surface area contributed by atoms with Crippen LogP contribution in [0.15, 0.2) is 42.9 Å². The summed E-state index contributed by atoms with van der Waals surface area (Å²) in [4.78, 5) is 19.9. The van der Waals surface area contributed by atoms with Gasteiger partial charge in [-0.05, 0) is 36.2 Å². The number of nitrogens with one attached hydrogen (secondary N) is 2. The molecule has 0 aliphatic heterocycles. The highest BCUT2D eigenvalue weighted by Crippen LogP contribution is 2.11. The van der Waals surface area contributed by atoms with Crippen LogP contribution in [0.1, 0.15) is 31.7 Å². The van der Waals surface area contributed by atoms with Crippen molar-refractivity contribution in [3.05, 3.63) is 48.4 Å². The summed E-state index contributed by atoms with van der Waals surface area (Å²) >= 11 is 0. The Labute approximate surface area is 124 Å². The van der Waals surface area contributed by atoms with Gasteiger partial charge in [0.2, 0.25) is 5.91 Å². The fourth-order valence-corrected chi connectivity index (χ4v) is 1.83. The number of hydrogen-bond donors (Lipinski definition) is 2. The molecule has 0 spiro atoms. The Morgan fingerprint density at radius 3 is 2.67 bits per heavy atom. The molecule has 0 unspecified atom stereocenters. The highest BCUT2D eigenvalue weighted by molar-refractivity contribution is 5.90. The number of rotatable bonds is 7. The van der Waals surface area contributed by atoms with E-state index in [9.17, 15) is 4.79 Å². The van der Waals surface area contributed by atoms with Crippen LogP contribution >= 0.6 is 0 Å². The average Bonchev–Trinajstić information content (AvgIpc) is 2.53. The van der Waals surface area contributed by atoms with E-state index in [0.717, 1.165) is 29.9 Å². The molecule has 0 aliphatic carbocycles. The number of aromatic nitrogens is 2. The van der Waals surface area contributed by atoms with Gasteiger partial charge in [-0.2, -0.15) is 0 Å². The molecule has 5 heteroatoms. The summed E-state index contributed by atoms with van der Waals surface area (Å²) in [5.74, 6) is 0.814. The lowest BCUT2D eigenvalue weighted by Gasteiger charge is -2.07. The van der Waals surface area contributed by atoms with Crippen LogP contribution in [0.4, 0.5) is 11.5 Å². The molecule has 110 valence electrons. The predicted molar refractivity (Wildman–Crippen MR) is 84.0 cm³/mol. The second-order valence-corrected chi connectivity index (χ2v) is 4.79. The van der Waals surface area contributed by atoms with E-state index >= 15 is 0 Å². The quantitative estimate of drug-likeness (QED) is 0.819. The Hall–Kier alpha value is -2.43. The van der Waals surface area contributed by atoms with Crippen molar-refractivity contribution in [1.29, 1.82) is 0 Å². The van der Waals surface area contributed by atoms with E-state index < -0.39 is 0 Å². The number of anilines is 2. The van der Waals surface area contributed by atoms with Crippen molar-refractivity contribution in [2.24, 2.45) is 0 Å². The van der Waals surface area contributed by atoms with Crippen molar-refractivity contribution in [3.8, 4) is 0 Å². The van der Waals surface area contributed by atoms with Gasteiger partial charge in [-0.15, -0.1) is 0 Å². The van der Waals surface area contributed by atoms with E-state index in [0.29, 0.717) is 13.0 Å². The van der Waals surface area contributed by atoms with Gasteiger partial charge in [0.25, 0.3) is 0 Å². The van der Waals surface area contributed by atoms with Crippen molar-refractivity contribution >= 4 is 17.4 Å². The Bertz CT molecular complexity index is 554. The van der Waals surface area contributed by atoms with Crippen LogP contribution in [0.25, 0.3) is 0 Å². The molecule has 5 nitrogen and oxygen atoms in total. The van der Waals surface area contributed by atoms with E-state index in [2.05, 4.69) is 27.5 Å². The molecule has 1 amide bonds. The lowest BCUT2D eigenvalue weighted by atomic mass is 10.2. The largest absolute Gasteiger partial charge is 0.366 e. The number of hydrogen-bond acceptors (Lipinski definition) is 4. The Balaban J connectivity index is 1.83. The number of carbonyl (C=O) groups is 1. The average molecular weight is 284 g/mol. The van der Waals surface area contributed by atoms with Crippen LogP contribution in [-0.4, -0.2) is 15.9 Å². The molecule has 2 heterocycles. The van der Waals surface area contributed by atoms with Crippen molar-refractivity contribution in [1.82, 2.24) is 9.97 Å². The molecule has 21 heavy (non-hydrogen) atoms. The zero-order valence-corrected chi connectivity index (χ0v) is 12.2. The van der Waals surface area contributed by atoms with Crippen molar-refractivity contribution in [3.63, 3.8) is 0 Å². The van der Waals surface area contributed by atoms with Crippen molar-refractivity contribution in [2.45, 2.75) is 32.7 Å². The van der Waals surface area contributed by atoms with Crippen molar-refractivity contribution < 1.29 is 4.79 Å². The number of carbonyl (C=O) groups excluding carboxylic acids is 1. The van der Waals surface area contributed by atoms with Crippen LogP contribution < -0.4 is 10.6 Å². The predicted octanol–water partition coefficient (Wildman–Crippen LogP) is 3.22. The first-order valence-corrected chi connectivity index (χ1v) is 7.16. The topological polar surface area (TPSA) is 66.9 Å². The first-order valence-electron chi connectivity index (χ1n) is 7.16. The smallest absolute Gasteiger partial charge is 0.224 e. The fourth-order valence-electron chi connectivity index (χ4n) is 1.83. The summed E-state index contributed by atoms with van der Waals surface area (Å²) in [6.07, 6.45) is 7.67. The molecule has 0 bridgehead atoms. The second-order valence-electron chi connectivity index (χ2n) is 4.79. The molecular weight excluding hydrogens is 264 g/mol. The molecule has 0 atom stereocenters. The molecule has 0 aromatic carbocycles. The van der Waals surface area contributed by atoms with Gasteiger partial charge in [0.05, 0.1) is 11.9 Å². The molecule has 0 aliphatic rings. The van der Waals surface area contributed by atoms with Gasteiger partial charge in [-0.1, -0.05) is 13.3 Å². The SMILES string of the molecule is CCCCC(=O)Nc1ccc(NCc2ccncc2)nc1. The molecule has 2 rings (SSSR count). The third kappa shape index (κ3) is 5.22. The molecule has 2 aromatic heterocycles. The van der Waals surface area contributed by atoms with Crippen molar-refractivity contribution in [2.75, 3.05) is 10.6 Å². The zero-order chi connectivity index (χ0) is 14.9. The second kappa shape index (κ2) is 7.99. The molecule has 0 radical (unpaired) electrons. The molecule has 2 aromatic rings. The minimum Gasteiger partial charge on any atom is -0.366 e. The third-order valence-corrected chi connectivity index (χ3v) is 3.03. The normalized spacial score (nSPS) is 10.1. The minimum absolute atomic E-state index is 0.0381. The lowest BCUT2D eigenvalue weighted by molar-refractivity contribution is -0.116. The van der Waals surface area contributed by atoms with Gasteiger partial charge in [-0.25, -0.2) is 4.98 Å². The van der Waals surface area contributed by atoms with E-state index in [1.807, 2.05) is 24.3 Å². The third-order valence-electron chi connectivity index (χ3n) is 3.03. The van der Waals surface area contributed by atoms with Gasteiger partial charge in [-0.3, -0.25) is 9.78 Å². The maximum absolute atomic E-state index is 11.6. The molecule has 0 fully saturated rings. The van der Waals surface area contributed by atoms with Crippen LogP contribution in [0, 0.1) is 0 Å². The molecule has 0 saturated carbocycles. The van der Waals surface area contributed by atoms with E-state index in [-0.39, 0.29) is 5.91 Å². The monoisotopic (exact) mass is 284 g/mol. The Morgan fingerprint density at radius 1 is 1.19 bits per heavy atom. The number of pyridine rings is 2. The van der Waals surface area contributed by atoms with Gasteiger partial charge >= 0.3 is 0 Å². The maximum Gasteiger partial charge on any atom is 0.224 e. The Morgan fingerprint density at radius 2 is 2.00 bits per heavy atom. The first kappa shape index (κ1) is 15.0. The van der Waals surface area contributed by atoms with Gasteiger partial charge in [0.15, 0.2) is 0 Å². The summed E-state index contributed by atoms with van der Waals surface area (Å²) in [7, 11) is 0. The van der Waals surface area contributed by atoms with Gasteiger partial charge < -0.3 is 10.6 Å². The van der Waals surface area contributed by atoms with E-state index in [1.165, 1.54) is 0 Å². The van der Waals surface area contributed by atoms with Crippen LogP contribution in [-0.2, 0) is 11.3 Å². The molecule has 2 N–H and O–H groups in total. The highest BCUT2D eigenvalue weighted by atomic mass is 16.1. The standard InChI is InChI=1S/C16H20N4O/c1-2-3-4-16(21)20-14-5-6-15(19-12-14)18-11-13-7-9-17-10-8-13/h5-10,12H,2-4,11H2,1H3,(H,18,19)(H,20,21). The lowest BCUT2D eigenvalue weighted by Crippen LogP contribution is -2.11. The summed E-state index contributed by atoms with van der Waals surface area (Å²) < 4.78 is 0. The van der Waals surface area contributed by atoms with E-state index in [4.69, 9.17) is 0 Å². The number of nitrogens with zero attached hydrogens (tertiary/aromatic N) is 2. The first-order chi connectivity index (χ1) is 10.3. The van der Waals surface area contributed by atoms with E-state index in [1.54, 1.807) is 18.6 Å². The number of amides is 1. The summed E-state index contributed by atoms with van der Waals surface area (Å²) in [6, 6.07) is 7.62. The van der Waals surface area contributed by atoms with Crippen LogP contribution in [0.5, 0.6) is 0 Å². The molecular formula is C16H20N4O. The summed E-state index contributed by atoms with van der Waals surface area (Å²) in [5.41, 5.74) is 1.87. The fraction of sp³-hybridized carbons (Fsp3) is 0.312. The summed E-state index contributed by atoms with van der Waals surface area (Å²) in [5, 5.41) is 6.06. The van der Waals surface area contributed by atoms with Gasteiger partial charge in [0, 0.05) is 25.4 Å². The molecule has 0 saturated heterocycles. The Kier molecular flexibility index (Phi) is 5.70. The maximum atomic E-state index is 11.6. The van der Waals surface area contributed by atoms with Gasteiger partial charge in [0.1, 0.15) is 5.82 Å². The highest BCUT2D eigenvalue weighted by Gasteiger charge is 2.02. The van der Waals surface area contributed by atoms with Crippen LogP contribution in [0.3, 0.4) is 0 Å². The summed E-state index contributed by atoms with van der Waals surface area (Å²) in [6.45, 7) is 2.76. The zero-order valence-electron chi connectivity index (χ0n) is 12.2. The number of unbranched alkanes of at least 4 members (excludes halogenated alkanes) is 1. The van der Waals surface area contributed by atoms with Crippen LogP contribution in [0.2, 0.25) is 0 Å². The minimum atomic E-state index is 0.0381.